The molecule has 1 nitrogen and oxygen atoms in total. The first-order valence-electron chi connectivity index (χ1n) is 6.14. The van der Waals surface area contributed by atoms with E-state index in [0.29, 0.717) is 0 Å². The van der Waals surface area contributed by atoms with Crippen molar-refractivity contribution in [3.05, 3.63) is 72.2 Å². The van der Waals surface area contributed by atoms with Crippen LogP contribution in [-0.4, -0.2) is 11.9 Å². The average molecular weight is 243 g/mol. The molecule has 0 amide bonds. The number of hydrogen-bond acceptors (Lipinski definition) is 1. The van der Waals surface area contributed by atoms with Crippen LogP contribution in [0, 0.1) is 0 Å². The third-order valence-electron chi connectivity index (χ3n) is 2.51. The summed E-state index contributed by atoms with van der Waals surface area (Å²) in [5.41, 5.74) is 4.57. The highest BCUT2D eigenvalue weighted by Gasteiger charge is 2.09. The molecule has 0 spiro atoms. The minimum absolute atomic E-state index is 1.04. The number of nitrogens with zero attached hydrogens (tertiary/aromatic N) is 1. The van der Waals surface area contributed by atoms with Crippen molar-refractivity contribution in [1.29, 1.82) is 0 Å². The maximum absolute atomic E-state index is 4.04. The summed E-state index contributed by atoms with van der Waals surface area (Å²) in [6.07, 6.45) is 11.9. The van der Waals surface area contributed by atoms with E-state index in [0.717, 1.165) is 17.0 Å². The smallest absolute Gasteiger partial charge is 0.0431 e. The SMILES string of the molecule is C=C/C=C\C(=C(C)C)N(C)/C(=C/C=C\C)C(=C)C. The summed E-state index contributed by atoms with van der Waals surface area (Å²) in [6.45, 7) is 16.0. The predicted molar refractivity (Wildman–Crippen MR) is 83.2 cm³/mol. The fourth-order valence-corrected chi connectivity index (χ4v) is 1.63. The third kappa shape index (κ3) is 5.05. The highest BCUT2D eigenvalue weighted by Crippen LogP contribution is 2.20. The summed E-state index contributed by atoms with van der Waals surface area (Å²) in [6, 6.07) is 0. The van der Waals surface area contributed by atoms with Crippen LogP contribution in [0.15, 0.2) is 72.2 Å². The standard InChI is InChI=1S/C17H25N/c1-8-10-12-16(14(3)4)18(7)17(15(5)6)13-11-9-2/h8-13H,1,5H2,2-4,6-7H3/b11-9-,12-10-,17-13+. The molecule has 0 aromatic carbocycles. The molecule has 0 aliphatic rings. The largest absolute Gasteiger partial charge is 0.344 e. The van der Waals surface area contributed by atoms with E-state index in [1.807, 2.05) is 32.1 Å². The molecule has 0 aliphatic heterocycles. The molecule has 0 aliphatic carbocycles. The van der Waals surface area contributed by atoms with Crippen LogP contribution >= 0.6 is 0 Å². The summed E-state index contributed by atoms with van der Waals surface area (Å²) in [5.74, 6) is 0. The lowest BCUT2D eigenvalue weighted by atomic mass is 10.1. The average Bonchev–Trinajstić information content (AvgIpc) is 2.29. The first-order valence-corrected chi connectivity index (χ1v) is 6.14. The van der Waals surface area contributed by atoms with Crippen molar-refractivity contribution in [1.82, 2.24) is 4.90 Å². The zero-order chi connectivity index (χ0) is 14.1. The summed E-state index contributed by atoms with van der Waals surface area (Å²) in [5, 5.41) is 0. The Morgan fingerprint density at radius 2 is 1.72 bits per heavy atom. The van der Waals surface area contributed by atoms with Gasteiger partial charge in [-0.25, -0.2) is 0 Å². The molecule has 1 heteroatoms. The van der Waals surface area contributed by atoms with Gasteiger partial charge < -0.3 is 4.90 Å². The van der Waals surface area contributed by atoms with Gasteiger partial charge in [0.25, 0.3) is 0 Å². The van der Waals surface area contributed by atoms with Crippen LogP contribution in [0.3, 0.4) is 0 Å². The van der Waals surface area contributed by atoms with E-state index in [9.17, 15) is 0 Å². The quantitative estimate of drug-likeness (QED) is 0.594. The first-order chi connectivity index (χ1) is 8.45. The van der Waals surface area contributed by atoms with E-state index in [1.54, 1.807) is 6.08 Å². The Morgan fingerprint density at radius 1 is 1.11 bits per heavy atom. The molecule has 0 fully saturated rings. The Bertz CT molecular complexity index is 413. The molecule has 0 bridgehead atoms. The second-order valence-electron chi connectivity index (χ2n) is 4.40. The second kappa shape index (κ2) is 8.35. The molecule has 0 heterocycles. The summed E-state index contributed by atoms with van der Waals surface area (Å²) in [4.78, 5) is 2.15. The van der Waals surface area contributed by atoms with Gasteiger partial charge in [0.2, 0.25) is 0 Å². The highest BCUT2D eigenvalue weighted by molar-refractivity contribution is 5.36. The van der Waals surface area contributed by atoms with Crippen LogP contribution < -0.4 is 0 Å². The lowest BCUT2D eigenvalue weighted by Crippen LogP contribution is -2.17. The van der Waals surface area contributed by atoms with Gasteiger partial charge in [-0.15, -0.1) is 0 Å². The lowest BCUT2D eigenvalue weighted by Gasteiger charge is -2.25. The molecule has 0 rings (SSSR count). The molecule has 98 valence electrons. The van der Waals surface area contributed by atoms with Gasteiger partial charge in [-0.05, 0) is 45.4 Å². The molecule has 0 aromatic heterocycles. The molecule has 0 atom stereocenters. The minimum atomic E-state index is 1.04. The normalized spacial score (nSPS) is 11.9. The predicted octanol–water partition coefficient (Wildman–Crippen LogP) is 4.99. The fraction of sp³-hybridized carbons (Fsp3) is 0.294. The van der Waals surface area contributed by atoms with Crippen LogP contribution in [0.4, 0.5) is 0 Å². The Labute approximate surface area is 112 Å². The summed E-state index contributed by atoms with van der Waals surface area (Å²) < 4.78 is 0. The molecule has 0 N–H and O–H groups in total. The molecule has 0 radical (unpaired) electrons. The van der Waals surface area contributed by atoms with E-state index >= 15 is 0 Å². The Balaban J connectivity index is 5.48. The van der Waals surface area contributed by atoms with Crippen LogP contribution in [0.2, 0.25) is 0 Å². The maximum Gasteiger partial charge on any atom is 0.0431 e. The van der Waals surface area contributed by atoms with Crippen molar-refractivity contribution in [2.75, 3.05) is 7.05 Å². The van der Waals surface area contributed by atoms with Crippen molar-refractivity contribution in [3.8, 4) is 0 Å². The van der Waals surface area contributed by atoms with E-state index in [4.69, 9.17) is 0 Å². The Hall–Kier alpha value is -1.76. The summed E-state index contributed by atoms with van der Waals surface area (Å²) >= 11 is 0. The fourth-order valence-electron chi connectivity index (χ4n) is 1.63. The lowest BCUT2D eigenvalue weighted by molar-refractivity contribution is 0.539. The van der Waals surface area contributed by atoms with Gasteiger partial charge >= 0.3 is 0 Å². The van der Waals surface area contributed by atoms with Crippen LogP contribution in [0.1, 0.15) is 27.7 Å². The number of allylic oxidation sites excluding steroid dienone is 8. The maximum atomic E-state index is 4.04. The van der Waals surface area contributed by atoms with Crippen molar-refractivity contribution in [3.63, 3.8) is 0 Å². The van der Waals surface area contributed by atoms with Gasteiger partial charge in [-0.1, -0.05) is 43.0 Å². The molecule has 18 heavy (non-hydrogen) atoms. The second-order valence-corrected chi connectivity index (χ2v) is 4.40. The molecule has 0 saturated heterocycles. The van der Waals surface area contributed by atoms with Crippen molar-refractivity contribution in [2.24, 2.45) is 0 Å². The number of rotatable bonds is 6. The topological polar surface area (TPSA) is 3.24 Å². The van der Waals surface area contributed by atoms with Gasteiger partial charge in [0.15, 0.2) is 0 Å². The van der Waals surface area contributed by atoms with Gasteiger partial charge in [0.05, 0.1) is 0 Å². The molecule has 0 unspecified atom stereocenters. The van der Waals surface area contributed by atoms with E-state index in [-0.39, 0.29) is 0 Å². The van der Waals surface area contributed by atoms with Crippen molar-refractivity contribution < 1.29 is 0 Å². The third-order valence-corrected chi connectivity index (χ3v) is 2.51. The van der Waals surface area contributed by atoms with Crippen LogP contribution in [0.25, 0.3) is 0 Å². The van der Waals surface area contributed by atoms with Gasteiger partial charge in [0.1, 0.15) is 0 Å². The Kier molecular flexibility index (Phi) is 7.53. The minimum Gasteiger partial charge on any atom is -0.344 e. The monoisotopic (exact) mass is 243 g/mol. The Morgan fingerprint density at radius 3 is 2.11 bits per heavy atom. The molecule has 0 aromatic rings. The number of hydrogen-bond donors (Lipinski definition) is 0. The van der Waals surface area contributed by atoms with Crippen LogP contribution in [0.5, 0.6) is 0 Å². The van der Waals surface area contributed by atoms with E-state index in [1.165, 1.54) is 5.57 Å². The van der Waals surface area contributed by atoms with Gasteiger partial charge in [0, 0.05) is 18.4 Å². The van der Waals surface area contributed by atoms with Crippen molar-refractivity contribution >= 4 is 0 Å². The van der Waals surface area contributed by atoms with E-state index < -0.39 is 0 Å². The number of likely N-dealkylation sites (N-methyl/N-ethyl adjacent to an activating group) is 1. The zero-order valence-corrected chi connectivity index (χ0v) is 12.3. The van der Waals surface area contributed by atoms with Gasteiger partial charge in [-0.2, -0.15) is 0 Å². The molecular weight excluding hydrogens is 218 g/mol. The summed E-state index contributed by atoms with van der Waals surface area (Å²) in [7, 11) is 2.06. The highest BCUT2D eigenvalue weighted by atomic mass is 15.1. The zero-order valence-electron chi connectivity index (χ0n) is 12.3. The first kappa shape index (κ1) is 16.2. The molecule has 0 saturated carbocycles. The van der Waals surface area contributed by atoms with E-state index in [2.05, 4.69) is 51.1 Å². The van der Waals surface area contributed by atoms with Crippen LogP contribution in [-0.2, 0) is 0 Å². The molecular formula is C17H25N. The van der Waals surface area contributed by atoms with Crippen molar-refractivity contribution in [2.45, 2.75) is 27.7 Å². The van der Waals surface area contributed by atoms with Gasteiger partial charge in [-0.3, -0.25) is 0 Å².